The molecule has 0 fully saturated rings. The van der Waals surface area contributed by atoms with Crippen LogP contribution in [0.4, 0.5) is 0 Å². The van der Waals surface area contributed by atoms with Crippen molar-refractivity contribution < 1.29 is 14.6 Å². The van der Waals surface area contributed by atoms with Gasteiger partial charge in [0.25, 0.3) is 0 Å². The molecule has 140 valence electrons. The van der Waals surface area contributed by atoms with Crippen LogP contribution >= 0.6 is 0 Å². The van der Waals surface area contributed by atoms with Crippen LogP contribution in [0.5, 0.6) is 5.75 Å². The molecule has 25 heavy (non-hydrogen) atoms. The van der Waals surface area contributed by atoms with E-state index in [0.717, 1.165) is 25.7 Å². The Hall–Kier alpha value is -1.77. The van der Waals surface area contributed by atoms with Gasteiger partial charge in [-0.2, -0.15) is 0 Å². The maximum absolute atomic E-state index is 11.1. The number of carbonyl (C=O) groups is 1. The van der Waals surface area contributed by atoms with E-state index in [1.54, 1.807) is 24.3 Å². The third kappa shape index (κ3) is 10.6. The number of hydrogen-bond acceptors (Lipinski definition) is 2. The molecule has 3 nitrogen and oxygen atoms in total. The average Bonchev–Trinajstić information content (AvgIpc) is 2.62. The zero-order valence-corrected chi connectivity index (χ0v) is 15.7. The van der Waals surface area contributed by atoms with Crippen molar-refractivity contribution in [1.29, 1.82) is 0 Å². The van der Waals surface area contributed by atoms with Crippen LogP contribution in [0.1, 0.15) is 87.9 Å². The van der Waals surface area contributed by atoms with Gasteiger partial charge in [-0.3, -0.25) is 0 Å². The molecule has 0 aromatic heterocycles. The van der Waals surface area contributed by atoms with E-state index in [2.05, 4.69) is 19.1 Å². The lowest BCUT2D eigenvalue weighted by molar-refractivity contribution is 0.0692. The van der Waals surface area contributed by atoms with Crippen LogP contribution in [0.2, 0.25) is 0 Å². The summed E-state index contributed by atoms with van der Waals surface area (Å²) in [4.78, 5) is 11.1. The first kappa shape index (κ1) is 21.3. The summed E-state index contributed by atoms with van der Waals surface area (Å²) in [5, 5.41) is 9.09. The van der Waals surface area contributed by atoms with Gasteiger partial charge in [-0.1, -0.05) is 63.3 Å². The molecule has 3 heteroatoms. The monoisotopic (exact) mass is 346 g/mol. The van der Waals surface area contributed by atoms with Crippen LogP contribution < -0.4 is 4.74 Å². The van der Waals surface area contributed by atoms with Gasteiger partial charge in [0.2, 0.25) is 0 Å². The fourth-order valence-corrected chi connectivity index (χ4v) is 2.77. The summed E-state index contributed by atoms with van der Waals surface area (Å²) >= 11 is 0. The molecule has 0 aliphatic rings. The third-order valence-electron chi connectivity index (χ3n) is 4.28. The molecular formula is C22H34O3. The molecular weight excluding hydrogens is 312 g/mol. The Labute approximate surface area is 153 Å². The van der Waals surface area contributed by atoms with Crippen molar-refractivity contribution >= 4 is 5.97 Å². The minimum absolute atomic E-state index is 0.236. The summed E-state index contributed by atoms with van der Waals surface area (Å²) in [6.07, 6.45) is 18.3. The summed E-state index contributed by atoms with van der Waals surface area (Å²) in [7, 11) is 0. The molecule has 0 saturated carbocycles. The third-order valence-corrected chi connectivity index (χ3v) is 4.28. The molecule has 1 rings (SSSR count). The highest BCUT2D eigenvalue weighted by atomic mass is 16.5. The molecule has 0 aliphatic heterocycles. The molecule has 0 radical (unpaired) electrons. The lowest BCUT2D eigenvalue weighted by Gasteiger charge is -2.08. The van der Waals surface area contributed by atoms with E-state index in [1.807, 2.05) is 0 Å². The molecule has 0 saturated heterocycles. The Kier molecular flexibility index (Phi) is 12.4. The van der Waals surface area contributed by atoms with Gasteiger partial charge in [-0.15, -0.1) is 0 Å². The minimum Gasteiger partial charge on any atom is -0.493 e. The highest BCUT2D eigenvalue weighted by Crippen LogP contribution is 2.18. The van der Waals surface area contributed by atoms with Crippen LogP contribution in [0.3, 0.4) is 0 Å². The van der Waals surface area contributed by atoms with Crippen LogP contribution in [-0.4, -0.2) is 17.7 Å². The second kappa shape index (κ2) is 14.6. The van der Waals surface area contributed by atoms with E-state index in [9.17, 15) is 4.79 Å². The van der Waals surface area contributed by atoms with E-state index in [-0.39, 0.29) is 5.56 Å². The number of hydrogen-bond donors (Lipinski definition) is 1. The summed E-state index contributed by atoms with van der Waals surface area (Å²) < 4.78 is 5.60. The van der Waals surface area contributed by atoms with Gasteiger partial charge in [0.15, 0.2) is 0 Å². The fraction of sp³-hybridized carbons (Fsp3) is 0.591. The van der Waals surface area contributed by atoms with Crippen LogP contribution in [-0.2, 0) is 0 Å². The molecule has 0 bridgehead atoms. The second-order valence-electron chi connectivity index (χ2n) is 6.53. The van der Waals surface area contributed by atoms with E-state index < -0.39 is 5.97 Å². The zero-order chi connectivity index (χ0) is 18.2. The molecule has 1 N–H and O–H groups in total. The van der Waals surface area contributed by atoms with Crippen molar-refractivity contribution in [3.8, 4) is 5.75 Å². The smallest absolute Gasteiger partial charge is 0.339 e. The molecule has 0 heterocycles. The number of ether oxygens (including phenoxy) is 1. The standard InChI is InChI=1S/C22H34O3/c1-2-3-4-5-6-7-8-9-10-11-12-13-16-19-25-21-18-15-14-17-20(21)22(23)24/h9-10,14-15,17-18H,2-8,11-13,16,19H2,1H3,(H,23,24). The van der Waals surface area contributed by atoms with E-state index >= 15 is 0 Å². The number of allylic oxidation sites excluding steroid dienone is 2. The van der Waals surface area contributed by atoms with Gasteiger partial charge in [-0.25, -0.2) is 4.79 Å². The highest BCUT2D eigenvalue weighted by molar-refractivity contribution is 5.90. The predicted molar refractivity (Wildman–Crippen MR) is 104 cm³/mol. The van der Waals surface area contributed by atoms with Gasteiger partial charge in [-0.05, 0) is 50.7 Å². The molecule has 0 unspecified atom stereocenters. The SMILES string of the molecule is CCCCCCCCC=CCCCCCOc1ccccc1C(=O)O. The van der Waals surface area contributed by atoms with Gasteiger partial charge < -0.3 is 9.84 Å². The van der Waals surface area contributed by atoms with E-state index in [1.165, 1.54) is 44.9 Å². The van der Waals surface area contributed by atoms with Crippen molar-refractivity contribution in [3.05, 3.63) is 42.0 Å². The Balaban J connectivity index is 1.97. The number of rotatable bonds is 15. The van der Waals surface area contributed by atoms with Gasteiger partial charge in [0.05, 0.1) is 6.61 Å². The Bertz CT molecular complexity index is 494. The number of carboxylic acid groups (broad SMARTS) is 1. The molecule has 1 aromatic rings. The maximum atomic E-state index is 11.1. The first-order valence-corrected chi connectivity index (χ1v) is 9.85. The minimum atomic E-state index is -0.939. The Morgan fingerprint density at radius 3 is 2.20 bits per heavy atom. The molecule has 1 aromatic carbocycles. The predicted octanol–water partition coefficient (Wildman–Crippen LogP) is 6.63. The van der Waals surface area contributed by atoms with Crippen molar-refractivity contribution in [1.82, 2.24) is 0 Å². The Morgan fingerprint density at radius 2 is 1.52 bits per heavy atom. The molecule has 0 aliphatic carbocycles. The summed E-state index contributed by atoms with van der Waals surface area (Å²) in [6.45, 7) is 2.83. The number of aromatic carboxylic acids is 1. The van der Waals surface area contributed by atoms with Crippen molar-refractivity contribution in [2.24, 2.45) is 0 Å². The summed E-state index contributed by atoms with van der Waals surface area (Å²) in [6, 6.07) is 6.81. The van der Waals surface area contributed by atoms with Crippen LogP contribution in [0.15, 0.2) is 36.4 Å². The number of unbranched alkanes of at least 4 members (excludes halogenated alkanes) is 9. The largest absolute Gasteiger partial charge is 0.493 e. The van der Waals surface area contributed by atoms with Crippen molar-refractivity contribution in [2.45, 2.75) is 77.6 Å². The topological polar surface area (TPSA) is 46.5 Å². The van der Waals surface area contributed by atoms with Gasteiger partial charge >= 0.3 is 5.97 Å². The Morgan fingerprint density at radius 1 is 0.920 bits per heavy atom. The fourth-order valence-electron chi connectivity index (χ4n) is 2.77. The lowest BCUT2D eigenvalue weighted by atomic mass is 10.1. The second-order valence-corrected chi connectivity index (χ2v) is 6.53. The normalized spacial score (nSPS) is 11.1. The molecule has 0 amide bonds. The zero-order valence-electron chi connectivity index (χ0n) is 15.7. The number of benzene rings is 1. The number of para-hydroxylation sites is 1. The van der Waals surface area contributed by atoms with Gasteiger partial charge in [0, 0.05) is 0 Å². The van der Waals surface area contributed by atoms with E-state index in [4.69, 9.17) is 9.84 Å². The molecule has 0 spiro atoms. The first-order valence-electron chi connectivity index (χ1n) is 9.85. The average molecular weight is 347 g/mol. The quantitative estimate of drug-likeness (QED) is 0.286. The van der Waals surface area contributed by atoms with Crippen molar-refractivity contribution in [2.75, 3.05) is 6.61 Å². The van der Waals surface area contributed by atoms with E-state index in [0.29, 0.717) is 12.4 Å². The lowest BCUT2D eigenvalue weighted by Crippen LogP contribution is -2.04. The van der Waals surface area contributed by atoms with Crippen LogP contribution in [0.25, 0.3) is 0 Å². The maximum Gasteiger partial charge on any atom is 0.339 e. The summed E-state index contributed by atoms with van der Waals surface area (Å²) in [5.74, 6) is -0.472. The van der Waals surface area contributed by atoms with Crippen molar-refractivity contribution in [3.63, 3.8) is 0 Å². The highest BCUT2D eigenvalue weighted by Gasteiger charge is 2.09. The molecule has 0 atom stereocenters. The summed E-state index contributed by atoms with van der Waals surface area (Å²) in [5.41, 5.74) is 0.236. The number of carboxylic acids is 1. The van der Waals surface area contributed by atoms with Gasteiger partial charge in [0.1, 0.15) is 11.3 Å². The van der Waals surface area contributed by atoms with Crippen LogP contribution in [0, 0.1) is 0 Å². The first-order chi connectivity index (χ1) is 12.3.